The maximum Gasteiger partial charge on any atom is 0.0951 e. The van der Waals surface area contributed by atoms with Gasteiger partial charge in [0, 0.05) is 36.1 Å². The Kier molecular flexibility index (Phi) is 4.37. The van der Waals surface area contributed by atoms with Gasteiger partial charge in [0.1, 0.15) is 0 Å². The molecule has 3 aromatic rings. The molecule has 4 heteroatoms. The molecular weight excluding hydrogens is 272 g/mol. The molecule has 1 N–H and O–H groups in total. The van der Waals surface area contributed by atoms with Crippen LogP contribution in [0.25, 0.3) is 0 Å². The summed E-state index contributed by atoms with van der Waals surface area (Å²) in [5.41, 5.74) is 6.27. The van der Waals surface area contributed by atoms with Crippen LogP contribution in [0.3, 0.4) is 0 Å². The number of H-pyrrole nitrogens is 1. The van der Waals surface area contributed by atoms with Gasteiger partial charge in [-0.3, -0.25) is 5.10 Å². The Labute approximate surface area is 131 Å². The number of nitrogens with zero attached hydrogens (tertiary/aromatic N) is 3. The van der Waals surface area contributed by atoms with E-state index in [9.17, 15) is 0 Å². The van der Waals surface area contributed by atoms with Crippen LogP contribution in [0.2, 0.25) is 0 Å². The first-order valence-corrected chi connectivity index (χ1v) is 7.89. The van der Waals surface area contributed by atoms with Crippen molar-refractivity contribution < 1.29 is 0 Å². The van der Waals surface area contributed by atoms with Gasteiger partial charge >= 0.3 is 0 Å². The zero-order chi connectivity index (χ0) is 15.4. The third-order valence-corrected chi connectivity index (χ3v) is 4.08. The number of nitrogens with one attached hydrogen (secondary N) is 1. The van der Waals surface area contributed by atoms with Crippen molar-refractivity contribution in [2.24, 2.45) is 0 Å². The van der Waals surface area contributed by atoms with Crippen LogP contribution in [0.5, 0.6) is 0 Å². The third kappa shape index (κ3) is 2.96. The van der Waals surface area contributed by atoms with Crippen molar-refractivity contribution in [1.29, 1.82) is 0 Å². The fourth-order valence-electron chi connectivity index (χ4n) is 2.84. The van der Waals surface area contributed by atoms with Crippen LogP contribution in [0.1, 0.15) is 42.1 Å². The second-order valence-corrected chi connectivity index (χ2v) is 5.51. The minimum Gasteiger partial charge on any atom is -0.330 e. The molecule has 0 spiro atoms. The Hall–Kier alpha value is -2.36. The number of aromatic nitrogens is 4. The predicted octanol–water partition coefficient (Wildman–Crippen LogP) is 3.37. The molecule has 0 unspecified atom stereocenters. The van der Waals surface area contributed by atoms with Crippen molar-refractivity contribution in [3.63, 3.8) is 0 Å². The second-order valence-electron chi connectivity index (χ2n) is 5.51. The third-order valence-electron chi connectivity index (χ3n) is 4.08. The van der Waals surface area contributed by atoms with Gasteiger partial charge in [-0.15, -0.1) is 0 Å². The largest absolute Gasteiger partial charge is 0.330 e. The van der Waals surface area contributed by atoms with Gasteiger partial charge in [0.25, 0.3) is 0 Å². The summed E-state index contributed by atoms with van der Waals surface area (Å²) < 4.78 is 2.22. The van der Waals surface area contributed by atoms with Crippen molar-refractivity contribution in [2.75, 3.05) is 0 Å². The summed E-state index contributed by atoms with van der Waals surface area (Å²) in [6.07, 6.45) is 6.71. The molecule has 4 nitrogen and oxygen atoms in total. The van der Waals surface area contributed by atoms with Crippen molar-refractivity contribution >= 4 is 0 Å². The Morgan fingerprint density at radius 2 is 1.91 bits per heavy atom. The molecule has 2 aromatic heterocycles. The summed E-state index contributed by atoms with van der Waals surface area (Å²) in [6, 6.07) is 10.5. The van der Waals surface area contributed by atoms with Crippen molar-refractivity contribution in [3.05, 3.63) is 71.1 Å². The number of imidazole rings is 1. The van der Waals surface area contributed by atoms with E-state index in [0.29, 0.717) is 0 Å². The van der Waals surface area contributed by atoms with E-state index >= 15 is 0 Å². The van der Waals surface area contributed by atoms with E-state index in [1.165, 1.54) is 28.2 Å². The Morgan fingerprint density at radius 3 is 2.64 bits per heavy atom. The van der Waals surface area contributed by atoms with Gasteiger partial charge in [-0.05, 0) is 18.4 Å². The van der Waals surface area contributed by atoms with E-state index in [-0.39, 0.29) is 0 Å². The summed E-state index contributed by atoms with van der Waals surface area (Å²) in [5.74, 6) is 0. The van der Waals surface area contributed by atoms with Gasteiger partial charge in [-0.25, -0.2) is 4.98 Å². The monoisotopic (exact) mass is 294 g/mol. The lowest BCUT2D eigenvalue weighted by atomic mass is 10.0. The fourth-order valence-corrected chi connectivity index (χ4v) is 2.84. The molecule has 0 atom stereocenters. The number of rotatable bonds is 6. The molecule has 0 saturated heterocycles. The van der Waals surface area contributed by atoms with E-state index in [4.69, 9.17) is 0 Å². The lowest BCUT2D eigenvalue weighted by Gasteiger charge is -2.09. The van der Waals surface area contributed by atoms with Gasteiger partial charge in [0.05, 0.1) is 12.0 Å². The molecule has 2 heterocycles. The first-order chi connectivity index (χ1) is 10.8. The molecule has 3 rings (SSSR count). The lowest BCUT2D eigenvalue weighted by molar-refractivity contribution is 0.750. The second kappa shape index (κ2) is 6.60. The van der Waals surface area contributed by atoms with Crippen LogP contribution in [-0.4, -0.2) is 19.7 Å². The maximum atomic E-state index is 4.44. The topological polar surface area (TPSA) is 46.5 Å². The standard InChI is InChI=1S/C18H22N4/c1-3-17-16(18(4-2)21-20-17)10-15-11-19-13-22(15)12-14-8-6-5-7-9-14/h5-9,11,13H,3-4,10,12H2,1-2H3,(H,20,21). The number of aryl methyl sites for hydroxylation is 2. The molecule has 114 valence electrons. The van der Waals surface area contributed by atoms with Gasteiger partial charge < -0.3 is 4.57 Å². The molecule has 0 aliphatic rings. The van der Waals surface area contributed by atoms with Crippen LogP contribution in [0.15, 0.2) is 42.9 Å². The molecule has 0 fully saturated rings. The number of aromatic amines is 1. The number of hydrogen-bond acceptors (Lipinski definition) is 2. The molecule has 0 saturated carbocycles. The van der Waals surface area contributed by atoms with Crippen molar-refractivity contribution in [3.8, 4) is 0 Å². The van der Waals surface area contributed by atoms with Crippen LogP contribution in [-0.2, 0) is 25.8 Å². The minimum absolute atomic E-state index is 0.858. The normalized spacial score (nSPS) is 11.0. The first kappa shape index (κ1) is 14.6. The van der Waals surface area contributed by atoms with Crippen LogP contribution in [0.4, 0.5) is 0 Å². The van der Waals surface area contributed by atoms with E-state index in [1.54, 1.807) is 0 Å². The van der Waals surface area contributed by atoms with Gasteiger partial charge in [0.15, 0.2) is 0 Å². The smallest absolute Gasteiger partial charge is 0.0951 e. The van der Waals surface area contributed by atoms with E-state index in [0.717, 1.165) is 25.8 Å². The van der Waals surface area contributed by atoms with Crippen molar-refractivity contribution in [2.45, 2.75) is 39.7 Å². The lowest BCUT2D eigenvalue weighted by Crippen LogP contribution is -2.05. The average Bonchev–Trinajstić information content (AvgIpc) is 3.15. The number of hydrogen-bond donors (Lipinski definition) is 1. The summed E-state index contributed by atoms with van der Waals surface area (Å²) in [5, 5.41) is 7.62. The van der Waals surface area contributed by atoms with Gasteiger partial charge in [0.2, 0.25) is 0 Å². The molecule has 22 heavy (non-hydrogen) atoms. The fraction of sp³-hybridized carbons (Fsp3) is 0.333. The molecule has 0 amide bonds. The number of benzene rings is 1. The summed E-state index contributed by atoms with van der Waals surface area (Å²) in [4.78, 5) is 4.34. The zero-order valence-corrected chi connectivity index (χ0v) is 13.2. The Morgan fingerprint density at radius 1 is 1.09 bits per heavy atom. The highest BCUT2D eigenvalue weighted by Gasteiger charge is 2.13. The first-order valence-electron chi connectivity index (χ1n) is 7.89. The van der Waals surface area contributed by atoms with E-state index < -0.39 is 0 Å². The highest BCUT2D eigenvalue weighted by molar-refractivity contribution is 5.30. The molecule has 1 aromatic carbocycles. The van der Waals surface area contributed by atoms with Gasteiger partial charge in [-0.1, -0.05) is 44.2 Å². The molecule has 0 bridgehead atoms. The highest BCUT2D eigenvalue weighted by atomic mass is 15.1. The maximum absolute atomic E-state index is 4.44. The van der Waals surface area contributed by atoms with Crippen LogP contribution in [0, 0.1) is 0 Å². The van der Waals surface area contributed by atoms with E-state index in [2.05, 4.69) is 57.9 Å². The SMILES string of the molecule is CCc1n[nH]c(CC)c1Cc1cncn1Cc1ccccc1. The quantitative estimate of drug-likeness (QED) is 0.757. The zero-order valence-electron chi connectivity index (χ0n) is 13.2. The summed E-state index contributed by atoms with van der Waals surface area (Å²) in [6.45, 7) is 5.18. The van der Waals surface area contributed by atoms with Crippen LogP contribution < -0.4 is 0 Å². The molecule has 0 radical (unpaired) electrons. The Balaban J connectivity index is 1.85. The van der Waals surface area contributed by atoms with Gasteiger partial charge in [-0.2, -0.15) is 5.10 Å². The summed E-state index contributed by atoms with van der Waals surface area (Å²) in [7, 11) is 0. The molecule has 0 aliphatic carbocycles. The minimum atomic E-state index is 0.858. The average molecular weight is 294 g/mol. The highest BCUT2D eigenvalue weighted by Crippen LogP contribution is 2.18. The molecule has 0 aliphatic heterocycles. The Bertz CT molecular complexity index is 703. The predicted molar refractivity (Wildman–Crippen MR) is 87.9 cm³/mol. The van der Waals surface area contributed by atoms with Crippen molar-refractivity contribution in [1.82, 2.24) is 19.7 Å². The summed E-state index contributed by atoms with van der Waals surface area (Å²) >= 11 is 0. The molecular formula is C18H22N4. The van der Waals surface area contributed by atoms with Crippen LogP contribution >= 0.6 is 0 Å². The van der Waals surface area contributed by atoms with E-state index in [1.807, 2.05) is 18.6 Å².